The summed E-state index contributed by atoms with van der Waals surface area (Å²) >= 11 is 5.70. The van der Waals surface area contributed by atoms with Gasteiger partial charge in [-0.2, -0.15) is 13.2 Å². The summed E-state index contributed by atoms with van der Waals surface area (Å²) in [5.41, 5.74) is -1.71. The fourth-order valence-corrected chi connectivity index (χ4v) is 2.94. The number of nitro benzene ring substituents is 1. The molecule has 134 valence electrons. The first-order valence-corrected chi connectivity index (χ1v) is 7.75. The molecule has 0 amide bonds. The van der Waals surface area contributed by atoms with Crippen LogP contribution >= 0.6 is 11.6 Å². The van der Waals surface area contributed by atoms with Crippen molar-refractivity contribution in [1.29, 1.82) is 0 Å². The van der Waals surface area contributed by atoms with Crippen molar-refractivity contribution in [2.45, 2.75) is 12.6 Å². The first-order valence-electron chi connectivity index (χ1n) is 7.37. The third-order valence-electron chi connectivity index (χ3n) is 3.91. The highest BCUT2D eigenvalue weighted by Crippen LogP contribution is 2.41. The fraction of sp³-hybridized carbons (Fsp3) is 0.571. The van der Waals surface area contributed by atoms with Gasteiger partial charge in [0.25, 0.3) is 5.69 Å². The largest absolute Gasteiger partial charge is 0.418 e. The topological polar surface area (TPSA) is 69.9 Å². The summed E-state index contributed by atoms with van der Waals surface area (Å²) in [6.07, 6.45) is -4.12. The van der Waals surface area contributed by atoms with Crippen LogP contribution in [-0.2, 0) is 6.18 Å². The van der Waals surface area contributed by atoms with Crippen molar-refractivity contribution in [3.63, 3.8) is 0 Å². The zero-order valence-corrected chi connectivity index (χ0v) is 13.5. The second-order valence-electron chi connectivity index (χ2n) is 5.48. The van der Waals surface area contributed by atoms with Gasteiger partial charge < -0.3 is 10.0 Å². The monoisotopic (exact) mass is 367 g/mol. The molecule has 2 rings (SSSR count). The van der Waals surface area contributed by atoms with E-state index in [1.54, 1.807) is 4.90 Å². The normalized spacial score (nSPS) is 16.5. The van der Waals surface area contributed by atoms with E-state index in [9.17, 15) is 23.3 Å². The van der Waals surface area contributed by atoms with Crippen molar-refractivity contribution in [2.75, 3.05) is 44.2 Å². The summed E-state index contributed by atoms with van der Waals surface area (Å²) in [5.74, 6) is 0. The number of aliphatic hydroxyl groups is 1. The lowest BCUT2D eigenvalue weighted by Crippen LogP contribution is -2.47. The summed E-state index contributed by atoms with van der Waals surface area (Å²) < 4.78 is 38.7. The number of nitro groups is 1. The van der Waals surface area contributed by atoms with Gasteiger partial charge in [0.15, 0.2) is 0 Å². The van der Waals surface area contributed by atoms with Crippen molar-refractivity contribution < 1.29 is 23.2 Å². The molecular weight excluding hydrogens is 351 g/mol. The molecule has 1 heterocycles. The van der Waals surface area contributed by atoms with E-state index in [0.717, 1.165) is 6.07 Å². The molecule has 1 fully saturated rings. The molecule has 0 atom stereocenters. The number of alkyl halides is 3. The number of rotatable bonds is 5. The third kappa shape index (κ3) is 4.28. The van der Waals surface area contributed by atoms with Gasteiger partial charge in [-0.1, -0.05) is 11.6 Å². The smallest absolute Gasteiger partial charge is 0.396 e. The Hall–Kier alpha value is -1.58. The number of aliphatic hydroxyl groups excluding tert-OH is 1. The molecule has 1 saturated heterocycles. The van der Waals surface area contributed by atoms with Gasteiger partial charge in [0.1, 0.15) is 5.69 Å². The van der Waals surface area contributed by atoms with E-state index in [-0.39, 0.29) is 12.3 Å². The van der Waals surface area contributed by atoms with Crippen LogP contribution in [0.15, 0.2) is 12.1 Å². The quantitative estimate of drug-likeness (QED) is 0.640. The van der Waals surface area contributed by atoms with Crippen molar-refractivity contribution in [2.24, 2.45) is 0 Å². The lowest BCUT2D eigenvalue weighted by atomic mass is 10.1. The Morgan fingerprint density at radius 3 is 2.38 bits per heavy atom. The lowest BCUT2D eigenvalue weighted by Gasteiger charge is -2.35. The van der Waals surface area contributed by atoms with Gasteiger partial charge >= 0.3 is 6.18 Å². The van der Waals surface area contributed by atoms with Gasteiger partial charge in [0, 0.05) is 45.4 Å². The van der Waals surface area contributed by atoms with E-state index < -0.39 is 27.4 Å². The number of hydrogen-bond acceptors (Lipinski definition) is 5. The molecule has 1 aromatic carbocycles. The third-order valence-corrected chi connectivity index (χ3v) is 4.22. The molecule has 0 aliphatic carbocycles. The maximum atomic E-state index is 12.9. The molecule has 1 aliphatic heterocycles. The molecule has 1 aliphatic rings. The Balaban J connectivity index is 2.24. The van der Waals surface area contributed by atoms with Gasteiger partial charge in [-0.15, -0.1) is 0 Å². The first-order chi connectivity index (χ1) is 11.2. The van der Waals surface area contributed by atoms with Crippen LogP contribution in [-0.4, -0.2) is 54.3 Å². The Bertz CT molecular complexity index is 605. The van der Waals surface area contributed by atoms with E-state index >= 15 is 0 Å². The van der Waals surface area contributed by atoms with Gasteiger partial charge in [-0.25, -0.2) is 0 Å². The fourth-order valence-electron chi connectivity index (χ4n) is 2.67. The zero-order valence-electron chi connectivity index (χ0n) is 12.7. The van der Waals surface area contributed by atoms with Crippen LogP contribution in [0.3, 0.4) is 0 Å². The number of halogens is 4. The Kier molecular flexibility index (Phi) is 5.89. The molecular formula is C14H17ClF3N3O3. The molecule has 6 nitrogen and oxygen atoms in total. The molecule has 1 N–H and O–H groups in total. The van der Waals surface area contributed by atoms with E-state index in [1.807, 2.05) is 0 Å². The predicted molar refractivity (Wildman–Crippen MR) is 83.5 cm³/mol. The van der Waals surface area contributed by atoms with Crippen LogP contribution in [0, 0.1) is 10.1 Å². The highest BCUT2D eigenvalue weighted by Gasteiger charge is 2.37. The average Bonchev–Trinajstić information content (AvgIpc) is 2.51. The molecule has 0 spiro atoms. The standard InChI is InChI=1S/C14H17ClF3N3O3/c15-11-9-12(13(21(23)24)8-10(11)14(16,17)18)20-5-3-19(4-6-20)2-1-7-22/h8-9,22H,1-7H2. The molecule has 0 bridgehead atoms. The first kappa shape index (κ1) is 18.8. The maximum absolute atomic E-state index is 12.9. The van der Waals surface area contributed by atoms with Crippen molar-refractivity contribution in [3.05, 3.63) is 32.8 Å². The number of benzene rings is 1. The minimum atomic E-state index is -4.75. The Labute approximate surface area is 141 Å². The van der Waals surface area contributed by atoms with Gasteiger partial charge in [-0.05, 0) is 12.5 Å². The average molecular weight is 368 g/mol. The Morgan fingerprint density at radius 1 is 1.25 bits per heavy atom. The minimum Gasteiger partial charge on any atom is -0.396 e. The molecule has 24 heavy (non-hydrogen) atoms. The number of anilines is 1. The highest BCUT2D eigenvalue weighted by molar-refractivity contribution is 6.31. The van der Waals surface area contributed by atoms with E-state index in [2.05, 4.69) is 4.90 Å². The van der Waals surface area contributed by atoms with Crippen LogP contribution in [0.4, 0.5) is 24.5 Å². The van der Waals surface area contributed by atoms with E-state index in [4.69, 9.17) is 16.7 Å². The van der Waals surface area contributed by atoms with Crippen LogP contribution in [0.1, 0.15) is 12.0 Å². The lowest BCUT2D eigenvalue weighted by molar-refractivity contribution is -0.384. The number of piperazine rings is 1. The number of nitrogens with zero attached hydrogens (tertiary/aromatic N) is 3. The molecule has 10 heteroatoms. The van der Waals surface area contributed by atoms with E-state index in [0.29, 0.717) is 45.2 Å². The van der Waals surface area contributed by atoms with E-state index in [1.165, 1.54) is 0 Å². The summed E-state index contributed by atoms with van der Waals surface area (Å²) in [6.45, 7) is 2.88. The van der Waals surface area contributed by atoms with Crippen LogP contribution in [0.2, 0.25) is 5.02 Å². The summed E-state index contributed by atoms with van der Waals surface area (Å²) in [6, 6.07) is 1.52. The molecule has 0 aromatic heterocycles. The highest BCUT2D eigenvalue weighted by atomic mass is 35.5. The molecule has 0 saturated carbocycles. The predicted octanol–water partition coefficient (Wildman–Crippen LogP) is 2.77. The summed E-state index contributed by atoms with van der Waals surface area (Å²) in [5, 5.41) is 19.5. The number of hydrogen-bond donors (Lipinski definition) is 1. The Morgan fingerprint density at radius 2 is 1.88 bits per heavy atom. The van der Waals surface area contributed by atoms with Gasteiger partial charge in [0.2, 0.25) is 0 Å². The minimum absolute atomic E-state index is 0.0835. The van der Waals surface area contributed by atoms with Crippen molar-refractivity contribution in [1.82, 2.24) is 4.90 Å². The van der Waals surface area contributed by atoms with Crippen LogP contribution < -0.4 is 4.90 Å². The maximum Gasteiger partial charge on any atom is 0.418 e. The van der Waals surface area contributed by atoms with Gasteiger partial charge in [-0.3, -0.25) is 15.0 Å². The summed E-state index contributed by atoms with van der Waals surface area (Å²) in [7, 11) is 0. The second-order valence-corrected chi connectivity index (χ2v) is 5.89. The van der Waals surface area contributed by atoms with Crippen molar-refractivity contribution >= 4 is 23.0 Å². The molecule has 0 unspecified atom stereocenters. The molecule has 0 radical (unpaired) electrons. The summed E-state index contributed by atoms with van der Waals surface area (Å²) in [4.78, 5) is 14.1. The molecule has 1 aromatic rings. The SMILES string of the molecule is O=[N+]([O-])c1cc(C(F)(F)F)c(Cl)cc1N1CCN(CCCO)CC1. The van der Waals surface area contributed by atoms with Crippen LogP contribution in [0.25, 0.3) is 0 Å². The second kappa shape index (κ2) is 7.54. The van der Waals surface area contributed by atoms with Gasteiger partial charge in [0.05, 0.1) is 15.5 Å². The van der Waals surface area contributed by atoms with Crippen molar-refractivity contribution in [3.8, 4) is 0 Å². The zero-order chi connectivity index (χ0) is 17.9. The van der Waals surface area contributed by atoms with Crippen LogP contribution in [0.5, 0.6) is 0 Å².